The van der Waals surface area contributed by atoms with Gasteiger partial charge in [0.05, 0.1) is 30.5 Å². The predicted molar refractivity (Wildman–Crippen MR) is 125 cm³/mol. The van der Waals surface area contributed by atoms with Crippen molar-refractivity contribution in [1.29, 1.82) is 5.26 Å². The van der Waals surface area contributed by atoms with Crippen molar-refractivity contribution < 1.29 is 14.6 Å². The average molecular weight is 454 g/mol. The third-order valence-electron chi connectivity index (χ3n) is 5.96. The van der Waals surface area contributed by atoms with Crippen LogP contribution in [0.1, 0.15) is 51.3 Å². The fourth-order valence-corrected chi connectivity index (χ4v) is 3.97. The van der Waals surface area contributed by atoms with Crippen LogP contribution < -0.4 is 4.74 Å². The monoisotopic (exact) mass is 453 g/mol. The molecule has 1 aromatic carbocycles. The van der Waals surface area contributed by atoms with Gasteiger partial charge in [-0.25, -0.2) is 4.98 Å². The molecular formula is C26H23N5O3. The summed E-state index contributed by atoms with van der Waals surface area (Å²) in [7, 11) is 1.72. The molecule has 0 unspecified atom stereocenters. The van der Waals surface area contributed by atoms with Gasteiger partial charge in [-0.2, -0.15) is 5.26 Å². The number of nitrogens with zero attached hydrogens (tertiary/aromatic N) is 5. The molecule has 0 spiro atoms. The number of pyridine rings is 2. The Bertz CT molecular complexity index is 1340. The van der Waals surface area contributed by atoms with Crippen LogP contribution in [0.15, 0.2) is 47.6 Å². The highest BCUT2D eigenvalue weighted by atomic mass is 16.5. The average Bonchev–Trinajstić information content (AvgIpc) is 3.54. The molecule has 8 heteroatoms. The Morgan fingerprint density at radius 2 is 2.15 bits per heavy atom. The number of carbonyl (C=O) groups excluding carboxylic acids is 1. The van der Waals surface area contributed by atoms with Gasteiger partial charge in [0.1, 0.15) is 11.8 Å². The van der Waals surface area contributed by atoms with E-state index in [1.165, 1.54) is 0 Å². The van der Waals surface area contributed by atoms with Crippen LogP contribution in [0, 0.1) is 11.3 Å². The summed E-state index contributed by atoms with van der Waals surface area (Å²) in [4.78, 5) is 28.0. The van der Waals surface area contributed by atoms with Gasteiger partial charge in [0.2, 0.25) is 5.88 Å². The first-order valence-corrected chi connectivity index (χ1v) is 11.1. The number of benzene rings is 1. The third kappa shape index (κ3) is 4.26. The lowest BCUT2D eigenvalue weighted by Crippen LogP contribution is -2.28. The second-order valence-corrected chi connectivity index (χ2v) is 8.47. The molecule has 2 aliphatic rings. The first-order chi connectivity index (χ1) is 16.6. The molecular weight excluding hydrogens is 430 g/mol. The number of aliphatic imine (C=N–C) groups is 1. The summed E-state index contributed by atoms with van der Waals surface area (Å²) in [6, 6.07) is 12.9. The van der Waals surface area contributed by atoms with Crippen LogP contribution in [0.2, 0.25) is 0 Å². The summed E-state index contributed by atoms with van der Waals surface area (Å²) >= 11 is 0. The molecule has 0 saturated heterocycles. The van der Waals surface area contributed by atoms with E-state index in [4.69, 9.17) is 4.74 Å². The molecule has 34 heavy (non-hydrogen) atoms. The fraction of sp³-hybridized carbons (Fsp3) is 0.269. The first-order valence-electron chi connectivity index (χ1n) is 11.1. The molecule has 1 aliphatic heterocycles. The molecule has 0 radical (unpaired) electrons. The molecule has 3 heterocycles. The van der Waals surface area contributed by atoms with Crippen LogP contribution in [0.5, 0.6) is 5.88 Å². The molecule has 170 valence electrons. The van der Waals surface area contributed by atoms with Crippen molar-refractivity contribution in [3.63, 3.8) is 0 Å². The Morgan fingerprint density at radius 1 is 1.29 bits per heavy atom. The zero-order valence-electron chi connectivity index (χ0n) is 18.7. The maximum Gasteiger partial charge on any atom is 0.272 e. The molecule has 5 rings (SSSR count). The smallest absolute Gasteiger partial charge is 0.272 e. The number of aliphatic hydroxyl groups is 1. The second kappa shape index (κ2) is 9.04. The Balaban J connectivity index is 1.42. The van der Waals surface area contributed by atoms with Gasteiger partial charge >= 0.3 is 0 Å². The maximum atomic E-state index is 13.2. The lowest BCUT2D eigenvalue weighted by Gasteiger charge is -2.20. The van der Waals surface area contributed by atoms with E-state index in [0.717, 1.165) is 40.7 Å². The number of aliphatic hydroxyl groups excluding tert-OH is 1. The Kier molecular flexibility index (Phi) is 5.78. The van der Waals surface area contributed by atoms with Crippen LogP contribution in [-0.2, 0) is 19.7 Å². The van der Waals surface area contributed by atoms with Crippen LogP contribution in [0.4, 0.5) is 0 Å². The van der Waals surface area contributed by atoms with E-state index in [2.05, 4.69) is 21.0 Å². The van der Waals surface area contributed by atoms with Gasteiger partial charge in [0.25, 0.3) is 5.91 Å². The minimum Gasteiger partial charge on any atom is -0.474 e. The fourth-order valence-electron chi connectivity index (χ4n) is 3.97. The zero-order chi connectivity index (χ0) is 23.7. The minimum absolute atomic E-state index is 0.104. The van der Waals surface area contributed by atoms with Crippen molar-refractivity contribution >= 4 is 12.1 Å². The van der Waals surface area contributed by atoms with E-state index < -0.39 is 0 Å². The van der Waals surface area contributed by atoms with E-state index in [-0.39, 0.29) is 24.3 Å². The van der Waals surface area contributed by atoms with Crippen molar-refractivity contribution in [3.05, 3.63) is 76.2 Å². The molecule has 1 aliphatic carbocycles. The Morgan fingerprint density at radius 3 is 2.91 bits per heavy atom. The number of amides is 1. The van der Waals surface area contributed by atoms with E-state index in [1.54, 1.807) is 42.6 Å². The molecule has 1 saturated carbocycles. The summed E-state index contributed by atoms with van der Waals surface area (Å²) in [6.07, 6.45) is 5.45. The van der Waals surface area contributed by atoms with Crippen molar-refractivity contribution in [2.24, 2.45) is 4.99 Å². The van der Waals surface area contributed by atoms with Gasteiger partial charge in [-0.1, -0.05) is 12.1 Å². The van der Waals surface area contributed by atoms with Crippen LogP contribution in [0.25, 0.3) is 11.1 Å². The molecule has 1 fully saturated rings. The summed E-state index contributed by atoms with van der Waals surface area (Å²) < 4.78 is 6.04. The molecule has 0 atom stereocenters. The van der Waals surface area contributed by atoms with Gasteiger partial charge in [0.15, 0.2) is 0 Å². The van der Waals surface area contributed by atoms with Gasteiger partial charge in [-0.05, 0) is 53.8 Å². The Labute approximate surface area is 197 Å². The van der Waals surface area contributed by atoms with Gasteiger partial charge in [0, 0.05) is 37.1 Å². The van der Waals surface area contributed by atoms with Gasteiger partial charge in [-0.15, -0.1) is 0 Å². The van der Waals surface area contributed by atoms with Crippen molar-refractivity contribution in [1.82, 2.24) is 14.9 Å². The Hall–Kier alpha value is -4.09. The number of nitriles is 1. The summed E-state index contributed by atoms with van der Waals surface area (Å²) in [5.74, 6) is 0.164. The van der Waals surface area contributed by atoms with Crippen molar-refractivity contribution in [3.8, 4) is 23.1 Å². The van der Waals surface area contributed by atoms with Crippen LogP contribution >= 0.6 is 0 Å². The number of rotatable bonds is 7. The quantitative estimate of drug-likeness (QED) is 0.588. The number of carbonyl (C=O) groups is 1. The number of hydrogen-bond acceptors (Lipinski definition) is 7. The summed E-state index contributed by atoms with van der Waals surface area (Å²) in [5.41, 5.74) is 5.70. The maximum absolute atomic E-state index is 13.2. The highest BCUT2D eigenvalue weighted by molar-refractivity contribution is 5.93. The van der Waals surface area contributed by atoms with Gasteiger partial charge in [-0.3, -0.25) is 14.8 Å². The zero-order valence-corrected chi connectivity index (χ0v) is 18.7. The number of aromatic nitrogens is 2. The van der Waals surface area contributed by atoms with Crippen molar-refractivity contribution in [2.75, 3.05) is 7.05 Å². The van der Waals surface area contributed by atoms with E-state index >= 15 is 0 Å². The molecule has 3 aromatic rings. The van der Waals surface area contributed by atoms with E-state index in [1.807, 2.05) is 18.2 Å². The van der Waals surface area contributed by atoms with Crippen LogP contribution in [0.3, 0.4) is 0 Å². The summed E-state index contributed by atoms with van der Waals surface area (Å²) in [5, 5.41) is 18.8. The first kappa shape index (κ1) is 21.7. The predicted octanol–water partition coefficient (Wildman–Crippen LogP) is 3.25. The van der Waals surface area contributed by atoms with E-state index in [0.29, 0.717) is 30.2 Å². The lowest BCUT2D eigenvalue weighted by molar-refractivity contribution is 0.0777. The minimum atomic E-state index is -0.239. The third-order valence-corrected chi connectivity index (χ3v) is 5.96. The standard InChI is InChI=1S/C26H23N5O3/c1-31(14-18-11-29-24(15-32)22-13-28-12-21(18)22)26(33)23-8-7-20(25(30-23)34-19-5-6-19)17-4-2-3-16(9-17)10-27/h2-4,7-9,11,13,19,32H,5-6,12,14-15H2,1H3. The molecule has 0 bridgehead atoms. The number of ether oxygens (including phenoxy) is 1. The molecule has 2 aromatic heterocycles. The highest BCUT2D eigenvalue weighted by Crippen LogP contribution is 2.34. The molecule has 1 N–H and O–H groups in total. The normalized spacial score (nSPS) is 13.9. The molecule has 8 nitrogen and oxygen atoms in total. The largest absolute Gasteiger partial charge is 0.474 e. The number of hydrogen-bond donors (Lipinski definition) is 1. The topological polar surface area (TPSA) is 112 Å². The van der Waals surface area contributed by atoms with E-state index in [9.17, 15) is 15.2 Å². The summed E-state index contributed by atoms with van der Waals surface area (Å²) in [6.45, 7) is 0.701. The van der Waals surface area contributed by atoms with Crippen LogP contribution in [-0.4, -0.2) is 45.2 Å². The highest BCUT2D eigenvalue weighted by Gasteiger charge is 2.27. The SMILES string of the molecule is CN(Cc1cnc(CO)c2c1CN=C2)C(=O)c1ccc(-c2cccc(C#N)c2)c(OC2CC2)n1. The van der Waals surface area contributed by atoms with Gasteiger partial charge < -0.3 is 14.7 Å². The lowest BCUT2D eigenvalue weighted by atomic mass is 10.0. The molecule has 1 amide bonds. The van der Waals surface area contributed by atoms with Crippen molar-refractivity contribution in [2.45, 2.75) is 38.6 Å². The number of fused-ring (bicyclic) bond motifs is 1. The second-order valence-electron chi connectivity index (χ2n) is 8.47.